The minimum Gasteiger partial charge on any atom is -0.440 e. The van der Waals surface area contributed by atoms with Gasteiger partial charge in [-0.1, -0.05) is 42.5 Å². The minimum atomic E-state index is 0.648. The highest BCUT2D eigenvalue weighted by Gasteiger charge is 2.12. The van der Waals surface area contributed by atoms with E-state index in [0.29, 0.717) is 12.4 Å². The van der Waals surface area contributed by atoms with Crippen molar-refractivity contribution in [3.8, 4) is 10.8 Å². The van der Waals surface area contributed by atoms with Crippen molar-refractivity contribution in [2.24, 2.45) is 0 Å². The summed E-state index contributed by atoms with van der Waals surface area (Å²) in [6.45, 7) is 2.61. The molecule has 1 N–H and O–H groups in total. The van der Waals surface area contributed by atoms with Gasteiger partial charge in [0, 0.05) is 11.1 Å². The molecule has 0 spiro atoms. The molecule has 2 heterocycles. The number of fused-ring (bicyclic) bond motifs is 1. The molecule has 0 aliphatic rings. The molecule has 2 aromatic carbocycles. The summed E-state index contributed by atoms with van der Waals surface area (Å²) in [7, 11) is 0. The van der Waals surface area contributed by atoms with Crippen molar-refractivity contribution in [3.05, 3.63) is 71.4 Å². The summed E-state index contributed by atoms with van der Waals surface area (Å²) in [5.41, 5.74) is 2.06. The maximum absolute atomic E-state index is 5.79. The highest BCUT2D eigenvalue weighted by Crippen LogP contribution is 2.27. The molecule has 4 heteroatoms. The zero-order valence-corrected chi connectivity index (χ0v) is 13.6. The smallest absolute Gasteiger partial charge is 0.236 e. The van der Waals surface area contributed by atoms with E-state index in [1.807, 2.05) is 24.4 Å². The molecule has 0 aliphatic heterocycles. The molecule has 0 radical (unpaired) electrons. The van der Waals surface area contributed by atoms with E-state index in [0.717, 1.165) is 22.0 Å². The molecule has 0 saturated carbocycles. The van der Waals surface area contributed by atoms with Crippen LogP contribution in [-0.4, -0.2) is 4.98 Å². The van der Waals surface area contributed by atoms with Crippen LogP contribution in [0.3, 0.4) is 0 Å². The van der Waals surface area contributed by atoms with Gasteiger partial charge in [-0.3, -0.25) is 0 Å². The van der Waals surface area contributed by atoms with Crippen LogP contribution in [0.15, 0.2) is 64.4 Å². The van der Waals surface area contributed by atoms with Gasteiger partial charge in [-0.2, -0.15) is 0 Å². The second kappa shape index (κ2) is 5.89. The second-order valence-electron chi connectivity index (χ2n) is 5.38. The second-order valence-corrected chi connectivity index (χ2v) is 6.33. The Hall–Kier alpha value is -2.59. The average Bonchev–Trinajstić information content (AvgIpc) is 3.22. The van der Waals surface area contributed by atoms with Crippen LogP contribution in [-0.2, 0) is 6.54 Å². The Morgan fingerprint density at radius 3 is 2.78 bits per heavy atom. The van der Waals surface area contributed by atoms with E-state index in [2.05, 4.69) is 52.8 Å². The van der Waals surface area contributed by atoms with Gasteiger partial charge < -0.3 is 9.73 Å². The van der Waals surface area contributed by atoms with Gasteiger partial charge in [-0.25, -0.2) is 4.98 Å². The molecule has 0 atom stereocenters. The van der Waals surface area contributed by atoms with E-state index in [4.69, 9.17) is 4.42 Å². The lowest BCUT2D eigenvalue weighted by Gasteiger charge is -2.08. The molecule has 0 fully saturated rings. The topological polar surface area (TPSA) is 38.1 Å². The Labute approximate surface area is 138 Å². The molecule has 4 aromatic rings. The SMILES string of the molecule is Cc1oc(-c2cccs2)nc1CNc1cccc2ccccc12. The molecule has 23 heavy (non-hydrogen) atoms. The molecular formula is C19H16N2OS. The molecular weight excluding hydrogens is 304 g/mol. The lowest BCUT2D eigenvalue weighted by atomic mass is 10.1. The molecule has 0 saturated heterocycles. The van der Waals surface area contributed by atoms with Crippen LogP contribution in [0, 0.1) is 6.92 Å². The number of rotatable bonds is 4. The zero-order valence-electron chi connectivity index (χ0n) is 12.7. The average molecular weight is 320 g/mol. The standard InChI is InChI=1S/C19H16N2OS/c1-13-17(21-19(22-13)18-10-5-11-23-18)12-20-16-9-4-7-14-6-2-3-8-15(14)16/h2-11,20H,12H2,1H3. The molecule has 4 rings (SSSR count). The summed E-state index contributed by atoms with van der Waals surface area (Å²) in [6, 6.07) is 18.7. The highest BCUT2D eigenvalue weighted by molar-refractivity contribution is 7.13. The van der Waals surface area contributed by atoms with Crippen LogP contribution in [0.1, 0.15) is 11.5 Å². The van der Waals surface area contributed by atoms with Crippen LogP contribution in [0.4, 0.5) is 5.69 Å². The van der Waals surface area contributed by atoms with Gasteiger partial charge >= 0.3 is 0 Å². The molecule has 2 aromatic heterocycles. The lowest BCUT2D eigenvalue weighted by molar-refractivity contribution is 0.541. The fourth-order valence-electron chi connectivity index (χ4n) is 2.66. The number of aryl methyl sites for hydroxylation is 1. The van der Waals surface area contributed by atoms with Crippen LogP contribution >= 0.6 is 11.3 Å². The minimum absolute atomic E-state index is 0.648. The van der Waals surface area contributed by atoms with Crippen molar-refractivity contribution < 1.29 is 4.42 Å². The van der Waals surface area contributed by atoms with E-state index in [1.165, 1.54) is 10.8 Å². The predicted molar refractivity (Wildman–Crippen MR) is 95.8 cm³/mol. The van der Waals surface area contributed by atoms with Gasteiger partial charge in [0.05, 0.1) is 11.4 Å². The van der Waals surface area contributed by atoms with Crippen molar-refractivity contribution in [2.75, 3.05) is 5.32 Å². The molecule has 0 amide bonds. The monoisotopic (exact) mass is 320 g/mol. The number of hydrogen-bond acceptors (Lipinski definition) is 4. The molecule has 3 nitrogen and oxygen atoms in total. The van der Waals surface area contributed by atoms with Crippen LogP contribution < -0.4 is 5.32 Å². The Bertz CT molecular complexity index is 936. The number of benzene rings is 2. The van der Waals surface area contributed by atoms with Gasteiger partial charge in [0.15, 0.2) is 0 Å². The maximum atomic E-state index is 5.79. The summed E-state index contributed by atoms with van der Waals surface area (Å²) in [5.74, 6) is 1.56. The first-order chi connectivity index (χ1) is 11.3. The van der Waals surface area contributed by atoms with E-state index in [1.54, 1.807) is 11.3 Å². The lowest BCUT2D eigenvalue weighted by Crippen LogP contribution is -2.01. The number of anilines is 1. The first-order valence-corrected chi connectivity index (χ1v) is 8.41. The van der Waals surface area contributed by atoms with Gasteiger partial charge in [-0.15, -0.1) is 11.3 Å². The summed E-state index contributed by atoms with van der Waals surface area (Å²) in [6.07, 6.45) is 0. The third-order valence-electron chi connectivity index (χ3n) is 3.86. The zero-order chi connectivity index (χ0) is 15.6. The van der Waals surface area contributed by atoms with E-state index < -0.39 is 0 Å². The van der Waals surface area contributed by atoms with Gasteiger partial charge in [0.1, 0.15) is 11.5 Å². The van der Waals surface area contributed by atoms with Crippen LogP contribution in [0.5, 0.6) is 0 Å². The Morgan fingerprint density at radius 2 is 1.91 bits per heavy atom. The number of oxazole rings is 1. The normalized spacial score (nSPS) is 11.0. The molecule has 114 valence electrons. The van der Waals surface area contributed by atoms with Crippen LogP contribution in [0.25, 0.3) is 21.5 Å². The largest absolute Gasteiger partial charge is 0.440 e. The summed E-state index contributed by atoms with van der Waals surface area (Å²) < 4.78 is 5.79. The number of thiophene rings is 1. The van der Waals surface area contributed by atoms with Crippen molar-refractivity contribution in [3.63, 3.8) is 0 Å². The van der Waals surface area contributed by atoms with Gasteiger partial charge in [0.2, 0.25) is 5.89 Å². The Morgan fingerprint density at radius 1 is 1.04 bits per heavy atom. The quantitative estimate of drug-likeness (QED) is 0.541. The maximum Gasteiger partial charge on any atom is 0.236 e. The fourth-order valence-corrected chi connectivity index (χ4v) is 3.31. The summed E-state index contributed by atoms with van der Waals surface area (Å²) in [4.78, 5) is 5.69. The highest BCUT2D eigenvalue weighted by atomic mass is 32.1. The van der Waals surface area contributed by atoms with Crippen molar-refractivity contribution in [1.82, 2.24) is 4.98 Å². The van der Waals surface area contributed by atoms with Gasteiger partial charge in [0.25, 0.3) is 0 Å². The van der Waals surface area contributed by atoms with E-state index in [9.17, 15) is 0 Å². The van der Waals surface area contributed by atoms with E-state index >= 15 is 0 Å². The first-order valence-electron chi connectivity index (χ1n) is 7.53. The van der Waals surface area contributed by atoms with Gasteiger partial charge in [-0.05, 0) is 29.8 Å². The number of nitrogens with one attached hydrogen (secondary N) is 1. The Kier molecular flexibility index (Phi) is 3.60. The predicted octanol–water partition coefficient (Wildman–Crippen LogP) is 5.48. The third kappa shape index (κ3) is 2.73. The van der Waals surface area contributed by atoms with Crippen LogP contribution in [0.2, 0.25) is 0 Å². The van der Waals surface area contributed by atoms with E-state index in [-0.39, 0.29) is 0 Å². The third-order valence-corrected chi connectivity index (χ3v) is 4.72. The fraction of sp³-hybridized carbons (Fsp3) is 0.105. The van der Waals surface area contributed by atoms with Crippen molar-refractivity contribution >= 4 is 27.8 Å². The molecule has 0 unspecified atom stereocenters. The number of nitrogens with zero attached hydrogens (tertiary/aromatic N) is 1. The first kappa shape index (κ1) is 14.0. The summed E-state index contributed by atoms with van der Waals surface area (Å²) >= 11 is 1.64. The Balaban J connectivity index is 1.59. The summed E-state index contributed by atoms with van der Waals surface area (Å²) in [5, 5.41) is 7.96. The number of hydrogen-bond donors (Lipinski definition) is 1. The molecule has 0 aliphatic carbocycles. The number of aromatic nitrogens is 1. The van der Waals surface area contributed by atoms with Crippen molar-refractivity contribution in [2.45, 2.75) is 13.5 Å². The van der Waals surface area contributed by atoms with Crippen molar-refractivity contribution in [1.29, 1.82) is 0 Å². The molecule has 0 bridgehead atoms.